The van der Waals surface area contributed by atoms with E-state index in [1.165, 1.54) is 0 Å². The van der Waals surface area contributed by atoms with Crippen molar-refractivity contribution in [1.29, 1.82) is 0 Å². The van der Waals surface area contributed by atoms with Crippen molar-refractivity contribution in [2.75, 3.05) is 33.4 Å². The Hall–Kier alpha value is -2.45. The van der Waals surface area contributed by atoms with Gasteiger partial charge in [-0.25, -0.2) is 0 Å². The van der Waals surface area contributed by atoms with Gasteiger partial charge in [-0.15, -0.1) is 0 Å². The van der Waals surface area contributed by atoms with Crippen molar-refractivity contribution in [3.05, 3.63) is 30.2 Å². The first-order valence-electron chi connectivity index (χ1n) is 9.20. The fourth-order valence-corrected chi connectivity index (χ4v) is 3.49. The standard InChI is InChI=1S/C19H23N3O5/c1-24-15-4-2-3-14(13-15)18-20-16(27-21-18)5-6-17(23)22-9-7-19(8-10-22)25-11-12-26-19/h2-4,13H,5-12H2,1H3. The quantitative estimate of drug-likeness (QED) is 0.793. The van der Waals surface area contributed by atoms with Crippen LogP contribution in [-0.2, 0) is 20.7 Å². The number of hydrogen-bond donors (Lipinski definition) is 0. The molecule has 0 bridgehead atoms. The van der Waals surface area contributed by atoms with Gasteiger partial charge in [-0.2, -0.15) is 4.98 Å². The van der Waals surface area contributed by atoms with E-state index in [0.717, 1.165) is 24.2 Å². The Morgan fingerprint density at radius 3 is 2.78 bits per heavy atom. The summed E-state index contributed by atoms with van der Waals surface area (Å²) in [5.74, 6) is 1.30. The number of benzene rings is 1. The van der Waals surface area contributed by atoms with Gasteiger partial charge in [0, 0.05) is 44.3 Å². The van der Waals surface area contributed by atoms with E-state index in [1.54, 1.807) is 7.11 Å². The van der Waals surface area contributed by atoms with Crippen molar-refractivity contribution in [2.45, 2.75) is 31.5 Å². The lowest BCUT2D eigenvalue weighted by atomic mass is 10.0. The number of piperidine rings is 1. The van der Waals surface area contributed by atoms with Crippen LogP contribution in [0.2, 0.25) is 0 Å². The molecule has 144 valence electrons. The molecule has 0 radical (unpaired) electrons. The smallest absolute Gasteiger partial charge is 0.227 e. The highest BCUT2D eigenvalue weighted by Crippen LogP contribution is 2.31. The van der Waals surface area contributed by atoms with Gasteiger partial charge in [0.2, 0.25) is 17.6 Å². The van der Waals surface area contributed by atoms with E-state index in [2.05, 4.69) is 10.1 Å². The molecule has 3 heterocycles. The number of methoxy groups -OCH3 is 1. The third kappa shape index (κ3) is 3.96. The van der Waals surface area contributed by atoms with E-state index in [9.17, 15) is 4.79 Å². The molecule has 1 aromatic carbocycles. The zero-order valence-electron chi connectivity index (χ0n) is 15.3. The summed E-state index contributed by atoms with van der Waals surface area (Å²) in [6.45, 7) is 2.58. The van der Waals surface area contributed by atoms with Gasteiger partial charge in [0.25, 0.3) is 0 Å². The Bertz CT molecular complexity index is 790. The highest BCUT2D eigenvalue weighted by atomic mass is 16.7. The molecule has 27 heavy (non-hydrogen) atoms. The van der Waals surface area contributed by atoms with E-state index in [-0.39, 0.29) is 5.91 Å². The third-order valence-electron chi connectivity index (χ3n) is 5.04. The number of ether oxygens (including phenoxy) is 3. The molecule has 1 amide bonds. The molecule has 2 aromatic rings. The molecule has 1 spiro atoms. The summed E-state index contributed by atoms with van der Waals surface area (Å²) in [6.07, 6.45) is 2.21. The molecule has 0 unspecified atom stereocenters. The first kappa shape index (κ1) is 17.9. The molecule has 0 atom stereocenters. The highest BCUT2D eigenvalue weighted by molar-refractivity contribution is 5.76. The summed E-state index contributed by atoms with van der Waals surface area (Å²) >= 11 is 0. The van der Waals surface area contributed by atoms with Gasteiger partial charge >= 0.3 is 0 Å². The predicted octanol–water partition coefficient (Wildman–Crippen LogP) is 2.04. The number of rotatable bonds is 5. The van der Waals surface area contributed by atoms with Crippen LogP contribution >= 0.6 is 0 Å². The van der Waals surface area contributed by atoms with Gasteiger partial charge in [-0.1, -0.05) is 17.3 Å². The number of nitrogens with zero attached hydrogens (tertiary/aromatic N) is 3. The fourth-order valence-electron chi connectivity index (χ4n) is 3.49. The molecule has 0 saturated carbocycles. The van der Waals surface area contributed by atoms with E-state index < -0.39 is 5.79 Å². The number of aromatic nitrogens is 2. The topological polar surface area (TPSA) is 86.9 Å². The lowest BCUT2D eigenvalue weighted by Crippen LogP contribution is -2.47. The summed E-state index contributed by atoms with van der Waals surface area (Å²) in [6, 6.07) is 7.46. The second-order valence-electron chi connectivity index (χ2n) is 6.73. The molecule has 1 aromatic heterocycles. The zero-order chi connectivity index (χ0) is 18.7. The Morgan fingerprint density at radius 1 is 1.26 bits per heavy atom. The van der Waals surface area contributed by atoms with E-state index >= 15 is 0 Å². The SMILES string of the molecule is COc1cccc(-c2noc(CCC(=O)N3CCC4(CC3)OCCO4)n2)c1. The third-order valence-corrected chi connectivity index (χ3v) is 5.04. The van der Waals surface area contributed by atoms with Crippen molar-refractivity contribution in [3.8, 4) is 17.1 Å². The second-order valence-corrected chi connectivity index (χ2v) is 6.73. The molecule has 2 saturated heterocycles. The van der Waals surface area contributed by atoms with Gasteiger partial charge in [-0.05, 0) is 12.1 Å². The summed E-state index contributed by atoms with van der Waals surface area (Å²) in [4.78, 5) is 18.7. The minimum atomic E-state index is -0.463. The Morgan fingerprint density at radius 2 is 2.04 bits per heavy atom. The van der Waals surface area contributed by atoms with Crippen molar-refractivity contribution >= 4 is 5.91 Å². The number of carbonyl (C=O) groups is 1. The van der Waals surface area contributed by atoms with Crippen LogP contribution in [0, 0.1) is 0 Å². The molecular weight excluding hydrogens is 350 g/mol. The summed E-state index contributed by atoms with van der Waals surface area (Å²) in [5, 5.41) is 4.00. The van der Waals surface area contributed by atoms with Crippen molar-refractivity contribution in [1.82, 2.24) is 15.0 Å². The molecule has 0 aliphatic carbocycles. The van der Waals surface area contributed by atoms with Crippen LogP contribution < -0.4 is 4.74 Å². The predicted molar refractivity (Wildman–Crippen MR) is 95.1 cm³/mol. The molecule has 0 N–H and O–H groups in total. The van der Waals surface area contributed by atoms with Crippen LogP contribution in [0.1, 0.15) is 25.2 Å². The van der Waals surface area contributed by atoms with Gasteiger partial charge < -0.3 is 23.6 Å². The fraction of sp³-hybridized carbons (Fsp3) is 0.526. The number of carbonyl (C=O) groups excluding carboxylic acids is 1. The largest absolute Gasteiger partial charge is 0.497 e. The molecule has 8 heteroatoms. The summed E-state index contributed by atoms with van der Waals surface area (Å²) in [5.41, 5.74) is 0.813. The van der Waals surface area contributed by atoms with E-state index in [1.807, 2.05) is 29.2 Å². The molecule has 4 rings (SSSR count). The van der Waals surface area contributed by atoms with Crippen LogP contribution in [0.25, 0.3) is 11.4 Å². The van der Waals surface area contributed by atoms with Gasteiger partial charge in [0.05, 0.1) is 20.3 Å². The molecule has 8 nitrogen and oxygen atoms in total. The van der Waals surface area contributed by atoms with Gasteiger partial charge in [-0.3, -0.25) is 4.79 Å². The Balaban J connectivity index is 1.30. The maximum atomic E-state index is 12.5. The summed E-state index contributed by atoms with van der Waals surface area (Å²) < 4.78 is 21.9. The van der Waals surface area contributed by atoms with Crippen LogP contribution in [-0.4, -0.2) is 60.1 Å². The van der Waals surface area contributed by atoms with Crippen LogP contribution in [0.15, 0.2) is 28.8 Å². The minimum absolute atomic E-state index is 0.0870. The average Bonchev–Trinajstić information content (AvgIpc) is 3.37. The van der Waals surface area contributed by atoms with Crippen molar-refractivity contribution in [2.24, 2.45) is 0 Å². The second kappa shape index (κ2) is 7.66. The zero-order valence-corrected chi connectivity index (χ0v) is 15.3. The van der Waals surface area contributed by atoms with Crippen molar-refractivity contribution in [3.63, 3.8) is 0 Å². The van der Waals surface area contributed by atoms with Crippen molar-refractivity contribution < 1.29 is 23.5 Å². The van der Waals surface area contributed by atoms with E-state index in [4.69, 9.17) is 18.7 Å². The molecule has 2 aliphatic heterocycles. The Kier molecular flexibility index (Phi) is 5.09. The first-order valence-corrected chi connectivity index (χ1v) is 9.20. The monoisotopic (exact) mass is 373 g/mol. The van der Waals surface area contributed by atoms with E-state index in [0.29, 0.717) is 50.9 Å². The molecule has 2 fully saturated rings. The van der Waals surface area contributed by atoms with Gasteiger partial charge in [0.1, 0.15) is 5.75 Å². The number of hydrogen-bond acceptors (Lipinski definition) is 7. The molecular formula is C19H23N3O5. The summed E-state index contributed by atoms with van der Waals surface area (Å²) in [7, 11) is 1.61. The maximum absolute atomic E-state index is 12.5. The highest BCUT2D eigenvalue weighted by Gasteiger charge is 2.40. The number of likely N-dealkylation sites (tertiary alicyclic amines) is 1. The van der Waals surface area contributed by atoms with Gasteiger partial charge in [0.15, 0.2) is 5.79 Å². The van der Waals surface area contributed by atoms with Crippen LogP contribution in [0.5, 0.6) is 5.75 Å². The number of aryl methyl sites for hydroxylation is 1. The van der Waals surface area contributed by atoms with Crippen LogP contribution in [0.3, 0.4) is 0 Å². The Labute approximate surface area is 157 Å². The molecule has 2 aliphatic rings. The maximum Gasteiger partial charge on any atom is 0.227 e. The lowest BCUT2D eigenvalue weighted by molar-refractivity contribution is -0.187. The number of amides is 1. The average molecular weight is 373 g/mol. The first-order chi connectivity index (χ1) is 13.2. The normalized spacial score (nSPS) is 18.8. The minimum Gasteiger partial charge on any atom is -0.497 e. The van der Waals surface area contributed by atoms with Crippen LogP contribution in [0.4, 0.5) is 0 Å². The lowest BCUT2D eigenvalue weighted by Gasteiger charge is -2.37.